The molecular formula is C22H25N3O2. The first-order chi connectivity index (χ1) is 12.9. The summed E-state index contributed by atoms with van der Waals surface area (Å²) in [6, 6.07) is 18.1. The van der Waals surface area contributed by atoms with Crippen LogP contribution in [0.15, 0.2) is 54.6 Å². The largest absolute Gasteiger partial charge is 0.344 e. The third-order valence-corrected chi connectivity index (χ3v) is 4.31. The molecule has 0 aliphatic rings. The topological polar surface area (TPSA) is 73.2 Å². The van der Waals surface area contributed by atoms with Crippen molar-refractivity contribution in [1.82, 2.24) is 10.2 Å². The van der Waals surface area contributed by atoms with Crippen molar-refractivity contribution in [2.45, 2.75) is 32.9 Å². The Morgan fingerprint density at radius 3 is 2.37 bits per heavy atom. The van der Waals surface area contributed by atoms with Crippen molar-refractivity contribution in [2.75, 3.05) is 7.05 Å². The summed E-state index contributed by atoms with van der Waals surface area (Å²) in [5.41, 5.74) is 2.35. The molecule has 2 amide bonds. The molecule has 0 heterocycles. The van der Waals surface area contributed by atoms with Gasteiger partial charge in [-0.15, -0.1) is 0 Å². The van der Waals surface area contributed by atoms with Gasteiger partial charge in [-0.25, -0.2) is 0 Å². The molecule has 1 N–H and O–H groups in total. The van der Waals surface area contributed by atoms with Crippen LogP contribution >= 0.6 is 0 Å². The number of nitrogens with one attached hydrogen (secondary N) is 1. The highest BCUT2D eigenvalue weighted by Gasteiger charge is 2.27. The molecule has 2 aromatic rings. The van der Waals surface area contributed by atoms with Crippen molar-refractivity contribution >= 4 is 11.8 Å². The van der Waals surface area contributed by atoms with Crippen LogP contribution in [0.1, 0.15) is 30.5 Å². The Kier molecular flexibility index (Phi) is 7.13. The lowest BCUT2D eigenvalue weighted by Gasteiger charge is -2.27. The van der Waals surface area contributed by atoms with Gasteiger partial charge in [0.15, 0.2) is 0 Å². The van der Waals surface area contributed by atoms with Crippen molar-refractivity contribution < 1.29 is 9.59 Å². The van der Waals surface area contributed by atoms with E-state index in [0.717, 1.165) is 11.1 Å². The Morgan fingerprint density at radius 1 is 1.07 bits per heavy atom. The maximum atomic E-state index is 12.9. The standard InChI is InChI=1S/C22H25N3O2/c1-16(2)21(24-20(26)13-17-8-5-4-6-9-17)22(27)25(3)15-19-11-7-10-18(12-19)14-23/h4-12,16,21H,13,15H2,1-3H3,(H,24,26). The van der Waals surface area contributed by atoms with E-state index in [1.807, 2.05) is 50.2 Å². The van der Waals surface area contributed by atoms with Crippen LogP contribution in [0.5, 0.6) is 0 Å². The number of carbonyl (C=O) groups excluding carboxylic acids is 2. The van der Waals surface area contributed by atoms with Crippen molar-refractivity contribution in [1.29, 1.82) is 5.26 Å². The van der Waals surface area contributed by atoms with E-state index in [9.17, 15) is 9.59 Å². The number of nitrogens with zero attached hydrogens (tertiary/aromatic N) is 2. The summed E-state index contributed by atoms with van der Waals surface area (Å²) in [4.78, 5) is 26.8. The minimum atomic E-state index is -0.592. The van der Waals surface area contributed by atoms with Gasteiger partial charge in [-0.2, -0.15) is 5.26 Å². The highest BCUT2D eigenvalue weighted by molar-refractivity contribution is 5.88. The lowest BCUT2D eigenvalue weighted by atomic mass is 10.0. The number of carbonyl (C=O) groups is 2. The predicted molar refractivity (Wildman–Crippen MR) is 105 cm³/mol. The monoisotopic (exact) mass is 363 g/mol. The third kappa shape index (κ3) is 5.96. The molecule has 0 saturated heterocycles. The normalized spacial score (nSPS) is 11.5. The van der Waals surface area contributed by atoms with Gasteiger partial charge >= 0.3 is 0 Å². The van der Waals surface area contributed by atoms with Crippen LogP contribution in [0.25, 0.3) is 0 Å². The van der Waals surface area contributed by atoms with Gasteiger partial charge in [0.1, 0.15) is 6.04 Å². The number of amides is 2. The highest BCUT2D eigenvalue weighted by atomic mass is 16.2. The molecule has 0 aromatic heterocycles. The molecule has 0 aliphatic heterocycles. The van der Waals surface area contributed by atoms with Crippen molar-refractivity contribution in [3.8, 4) is 6.07 Å². The summed E-state index contributed by atoms with van der Waals surface area (Å²) in [5, 5.41) is 11.9. The summed E-state index contributed by atoms with van der Waals surface area (Å²) in [5.74, 6) is -0.355. The second kappa shape index (κ2) is 9.54. The summed E-state index contributed by atoms with van der Waals surface area (Å²) in [7, 11) is 1.71. The van der Waals surface area contributed by atoms with E-state index in [1.165, 1.54) is 0 Å². The Balaban J connectivity index is 2.02. The van der Waals surface area contributed by atoms with Crippen LogP contribution in [-0.4, -0.2) is 29.8 Å². The molecule has 0 bridgehead atoms. The average Bonchev–Trinajstić information content (AvgIpc) is 2.66. The third-order valence-electron chi connectivity index (χ3n) is 4.31. The molecular weight excluding hydrogens is 338 g/mol. The minimum Gasteiger partial charge on any atom is -0.344 e. The Hall–Kier alpha value is -3.13. The van der Waals surface area contributed by atoms with Crippen molar-refractivity contribution in [3.63, 3.8) is 0 Å². The second-order valence-corrected chi connectivity index (χ2v) is 6.96. The van der Waals surface area contributed by atoms with E-state index in [4.69, 9.17) is 5.26 Å². The molecule has 1 unspecified atom stereocenters. The van der Waals surface area contributed by atoms with Gasteiger partial charge in [0.2, 0.25) is 11.8 Å². The molecule has 1 atom stereocenters. The fraction of sp³-hybridized carbons (Fsp3) is 0.318. The lowest BCUT2D eigenvalue weighted by Crippen LogP contribution is -2.50. The molecule has 27 heavy (non-hydrogen) atoms. The molecule has 5 nitrogen and oxygen atoms in total. The van der Waals surface area contributed by atoms with Crippen molar-refractivity contribution in [3.05, 3.63) is 71.3 Å². The number of likely N-dealkylation sites (N-methyl/N-ethyl adjacent to an activating group) is 1. The van der Waals surface area contributed by atoms with Gasteiger partial charge in [0.25, 0.3) is 0 Å². The van der Waals surface area contributed by atoms with Crippen LogP contribution in [0.2, 0.25) is 0 Å². The van der Waals surface area contributed by atoms with E-state index in [2.05, 4.69) is 11.4 Å². The maximum absolute atomic E-state index is 12.9. The molecule has 2 rings (SSSR count). The molecule has 0 aliphatic carbocycles. The lowest BCUT2D eigenvalue weighted by molar-refractivity contribution is -0.136. The number of nitriles is 1. The zero-order valence-electron chi connectivity index (χ0n) is 16.0. The van der Waals surface area contributed by atoms with Gasteiger partial charge in [-0.1, -0.05) is 56.3 Å². The Bertz CT molecular complexity index is 825. The maximum Gasteiger partial charge on any atom is 0.245 e. The highest BCUT2D eigenvalue weighted by Crippen LogP contribution is 2.11. The fourth-order valence-electron chi connectivity index (χ4n) is 2.85. The van der Waals surface area contributed by atoms with E-state index >= 15 is 0 Å². The minimum absolute atomic E-state index is 0.0369. The number of benzene rings is 2. The Labute approximate surface area is 160 Å². The molecule has 5 heteroatoms. The van der Waals surface area contributed by atoms with E-state index in [-0.39, 0.29) is 24.2 Å². The molecule has 0 spiro atoms. The first-order valence-corrected chi connectivity index (χ1v) is 8.98. The summed E-state index contributed by atoms with van der Waals surface area (Å²) in [6.45, 7) is 4.21. The first-order valence-electron chi connectivity index (χ1n) is 8.98. The van der Waals surface area contributed by atoms with Crippen LogP contribution in [0, 0.1) is 17.2 Å². The summed E-state index contributed by atoms with van der Waals surface area (Å²) in [6.07, 6.45) is 0.241. The van der Waals surface area contributed by atoms with Gasteiger partial charge in [-0.05, 0) is 29.2 Å². The number of hydrogen-bond acceptors (Lipinski definition) is 3. The summed E-state index contributed by atoms with van der Waals surface area (Å²) < 4.78 is 0. The number of rotatable bonds is 7. The zero-order valence-corrected chi connectivity index (χ0v) is 16.0. The quantitative estimate of drug-likeness (QED) is 0.822. The van der Waals surface area contributed by atoms with Gasteiger partial charge in [-0.3, -0.25) is 9.59 Å². The zero-order chi connectivity index (χ0) is 19.8. The molecule has 140 valence electrons. The van der Waals surface area contributed by atoms with Crippen LogP contribution in [-0.2, 0) is 22.6 Å². The van der Waals surface area contributed by atoms with Gasteiger partial charge < -0.3 is 10.2 Å². The smallest absolute Gasteiger partial charge is 0.245 e. The van der Waals surface area contributed by atoms with Crippen LogP contribution in [0.4, 0.5) is 0 Å². The van der Waals surface area contributed by atoms with Gasteiger partial charge in [0, 0.05) is 13.6 Å². The van der Waals surface area contributed by atoms with Crippen molar-refractivity contribution in [2.24, 2.45) is 5.92 Å². The summed E-state index contributed by atoms with van der Waals surface area (Å²) >= 11 is 0. The molecule has 2 aromatic carbocycles. The number of hydrogen-bond donors (Lipinski definition) is 1. The Morgan fingerprint density at radius 2 is 1.74 bits per heavy atom. The van der Waals surface area contributed by atoms with E-state index < -0.39 is 6.04 Å². The average molecular weight is 363 g/mol. The molecule has 0 fully saturated rings. The van der Waals surface area contributed by atoms with Crippen LogP contribution in [0.3, 0.4) is 0 Å². The van der Waals surface area contributed by atoms with Crippen LogP contribution < -0.4 is 5.32 Å². The van der Waals surface area contributed by atoms with Gasteiger partial charge in [0.05, 0.1) is 18.1 Å². The predicted octanol–water partition coefficient (Wildman–Crippen LogP) is 2.90. The van der Waals surface area contributed by atoms with E-state index in [1.54, 1.807) is 30.1 Å². The second-order valence-electron chi connectivity index (χ2n) is 6.96. The molecule has 0 saturated carbocycles. The van der Waals surface area contributed by atoms with E-state index in [0.29, 0.717) is 12.1 Å². The fourth-order valence-corrected chi connectivity index (χ4v) is 2.85. The molecule has 0 radical (unpaired) electrons. The SMILES string of the molecule is CC(C)C(NC(=O)Cc1ccccc1)C(=O)N(C)Cc1cccc(C#N)c1. The first kappa shape index (κ1) is 20.2.